The molecule has 0 saturated carbocycles. The summed E-state index contributed by atoms with van der Waals surface area (Å²) < 4.78 is 51.8. The van der Waals surface area contributed by atoms with E-state index in [1.165, 1.54) is 12.4 Å². The van der Waals surface area contributed by atoms with Gasteiger partial charge in [-0.2, -0.15) is 21.1 Å². The van der Waals surface area contributed by atoms with Crippen molar-refractivity contribution >= 4 is 70.1 Å². The van der Waals surface area contributed by atoms with Gasteiger partial charge in [0.05, 0.1) is 13.2 Å². The highest BCUT2D eigenvalue weighted by atomic mass is 79.9. The normalized spacial score (nSPS) is 12.2. The first-order valence-corrected chi connectivity index (χ1v) is 13.3. The van der Waals surface area contributed by atoms with E-state index < -0.39 is 25.5 Å². The smallest absolute Gasteiger partial charge is 0.425 e. The number of aliphatic hydroxyl groups excluding tert-OH is 1. The standard InChI is InChI=1S/C7H8N4O4S.C4H5N3.C2H5BrO.CClNO3S/c12-7-11(4-5-15-7)16(13,14)10-6-8-2-1-3-9-6;5-4-6-2-1-3-7-4;3-1-2-4;2-7(5,6)3-1-4/h1-3H,4-5H2,(H,8,9,10);1-3H,(H2,5,6,7);4H,1-2H2;. The minimum Gasteiger partial charge on any atom is -0.447 e. The number of nitrogens with two attached hydrogens (primary N) is 1. The molecule has 16 nitrogen and oxygen atoms in total. The second-order valence-electron chi connectivity index (χ2n) is 4.98. The number of amides is 1. The molecule has 1 fully saturated rings. The van der Waals surface area contributed by atoms with Gasteiger partial charge in [0, 0.05) is 40.8 Å². The first-order chi connectivity index (χ1) is 16.0. The monoisotopic (exact) mass is 604 g/mol. The zero-order valence-electron chi connectivity index (χ0n) is 16.9. The predicted molar refractivity (Wildman–Crippen MR) is 123 cm³/mol. The van der Waals surface area contributed by atoms with Gasteiger partial charge in [-0.15, -0.1) is 0 Å². The van der Waals surface area contributed by atoms with Crippen molar-refractivity contribution in [2.75, 3.05) is 35.5 Å². The van der Waals surface area contributed by atoms with Crippen molar-refractivity contribution in [1.82, 2.24) is 24.2 Å². The molecule has 0 atom stereocenters. The molecule has 3 rings (SSSR count). The van der Waals surface area contributed by atoms with Crippen molar-refractivity contribution in [3.8, 4) is 0 Å². The number of hydrogen-bond donors (Lipinski definition) is 3. The summed E-state index contributed by atoms with van der Waals surface area (Å²) in [5, 5.41) is 8.52. The Morgan fingerprint density at radius 3 is 1.97 bits per heavy atom. The molecule has 0 bridgehead atoms. The molecule has 4 N–H and O–H groups in total. The lowest BCUT2D eigenvalue weighted by atomic mass is 10.7. The molecule has 2 aromatic rings. The predicted octanol–water partition coefficient (Wildman–Crippen LogP) is -0.176. The fourth-order valence-corrected chi connectivity index (χ4v) is 2.66. The third-order valence-electron chi connectivity index (χ3n) is 2.62. The van der Waals surface area contributed by atoms with Crippen molar-refractivity contribution in [3.05, 3.63) is 36.9 Å². The topological polar surface area (TPSA) is 237 Å². The van der Waals surface area contributed by atoms with Crippen LogP contribution in [0.15, 0.2) is 41.3 Å². The first-order valence-electron chi connectivity index (χ1n) is 8.44. The van der Waals surface area contributed by atoms with Crippen LogP contribution in [0.3, 0.4) is 0 Å². The van der Waals surface area contributed by atoms with Crippen LogP contribution in [0.4, 0.5) is 16.7 Å². The Bertz CT molecular complexity index is 1120. The van der Waals surface area contributed by atoms with Gasteiger partial charge in [-0.05, 0) is 12.1 Å². The summed E-state index contributed by atoms with van der Waals surface area (Å²) >= 11 is 3.00. The van der Waals surface area contributed by atoms with Gasteiger partial charge in [0.15, 0.2) is 0 Å². The highest BCUT2D eigenvalue weighted by molar-refractivity contribution is 9.09. The number of isocyanates is 1. The number of aliphatic hydroxyl groups is 1. The van der Waals surface area contributed by atoms with Crippen molar-refractivity contribution in [1.29, 1.82) is 0 Å². The molecule has 34 heavy (non-hydrogen) atoms. The molecular weight excluding hydrogens is 588 g/mol. The Labute approximate surface area is 207 Å². The molecule has 0 aliphatic carbocycles. The molecule has 1 aliphatic heterocycles. The third kappa shape index (κ3) is 15.0. The third-order valence-corrected chi connectivity index (χ3v) is 4.82. The minimum atomic E-state index is -4.00. The molecule has 1 saturated heterocycles. The van der Waals surface area contributed by atoms with Crippen molar-refractivity contribution in [2.24, 2.45) is 4.40 Å². The summed E-state index contributed by atoms with van der Waals surface area (Å²) in [6.07, 6.45) is 5.83. The van der Waals surface area contributed by atoms with Gasteiger partial charge < -0.3 is 15.6 Å². The zero-order chi connectivity index (χ0) is 26.0. The number of anilines is 2. The summed E-state index contributed by atoms with van der Waals surface area (Å²) in [5.74, 6) is 0.227. The van der Waals surface area contributed by atoms with Crippen LogP contribution in [-0.2, 0) is 29.0 Å². The lowest BCUT2D eigenvalue weighted by Gasteiger charge is -2.13. The molecule has 0 spiro atoms. The highest BCUT2D eigenvalue weighted by Crippen LogP contribution is 2.11. The fraction of sp³-hybridized carbons (Fsp3) is 0.286. The van der Waals surface area contributed by atoms with Crippen LogP contribution in [0.5, 0.6) is 0 Å². The van der Waals surface area contributed by atoms with E-state index in [1.807, 2.05) is 0 Å². The van der Waals surface area contributed by atoms with Crippen LogP contribution >= 0.6 is 26.6 Å². The van der Waals surface area contributed by atoms with Crippen LogP contribution < -0.4 is 10.5 Å². The Morgan fingerprint density at radius 2 is 1.68 bits per heavy atom. The van der Waals surface area contributed by atoms with E-state index in [2.05, 4.69) is 60.4 Å². The van der Waals surface area contributed by atoms with Crippen molar-refractivity contribution in [2.45, 2.75) is 0 Å². The SMILES string of the molecule is Nc1ncccn1.O=C1OCCN1S(=O)(=O)Nc1ncccn1.O=C=NS(=O)(=O)Cl.OCCBr. The number of cyclic esters (lactones) is 1. The van der Waals surface area contributed by atoms with Gasteiger partial charge in [-0.25, -0.2) is 34.2 Å². The summed E-state index contributed by atoms with van der Waals surface area (Å²) in [4.78, 5) is 34.8. The Morgan fingerprint density at radius 1 is 1.18 bits per heavy atom. The Balaban J connectivity index is 0.000000504. The molecule has 2 aromatic heterocycles. The molecule has 188 valence electrons. The van der Waals surface area contributed by atoms with E-state index in [1.54, 1.807) is 24.5 Å². The van der Waals surface area contributed by atoms with Crippen molar-refractivity contribution in [3.63, 3.8) is 0 Å². The van der Waals surface area contributed by atoms with E-state index in [9.17, 15) is 21.6 Å². The molecule has 0 aromatic carbocycles. The van der Waals surface area contributed by atoms with Gasteiger partial charge in [-0.3, -0.25) is 0 Å². The van der Waals surface area contributed by atoms with E-state index >= 15 is 0 Å². The highest BCUT2D eigenvalue weighted by Gasteiger charge is 2.33. The van der Waals surface area contributed by atoms with Crippen molar-refractivity contribution < 1.29 is 36.3 Å². The number of nitrogens with zero attached hydrogens (tertiary/aromatic N) is 6. The number of ether oxygens (including phenoxy) is 1. The quantitative estimate of drug-likeness (QED) is 0.174. The number of hydrogen-bond acceptors (Lipinski definition) is 13. The van der Waals surface area contributed by atoms with Gasteiger partial charge >= 0.3 is 25.5 Å². The molecule has 3 heterocycles. The first kappa shape index (κ1) is 31.0. The summed E-state index contributed by atoms with van der Waals surface area (Å²) in [7, 11) is -3.60. The van der Waals surface area contributed by atoms with Crippen LogP contribution in [-0.4, -0.2) is 83.4 Å². The van der Waals surface area contributed by atoms with E-state index in [0.29, 0.717) is 15.6 Å². The van der Waals surface area contributed by atoms with Gasteiger partial charge in [0.25, 0.3) is 6.08 Å². The number of carbonyl (C=O) groups excluding carboxylic acids is 2. The van der Waals surface area contributed by atoms with Gasteiger partial charge in [0.1, 0.15) is 6.61 Å². The number of halogens is 2. The molecule has 1 aliphatic rings. The minimum absolute atomic E-state index is 0.0129. The Kier molecular flexibility index (Phi) is 15.2. The van der Waals surface area contributed by atoms with E-state index in [-0.39, 0.29) is 25.7 Å². The lowest BCUT2D eigenvalue weighted by molar-refractivity contribution is 0.170. The second kappa shape index (κ2) is 16.6. The summed E-state index contributed by atoms with van der Waals surface area (Å²) in [5.41, 5.74) is 5.14. The number of rotatable bonds is 5. The molecule has 0 radical (unpaired) electrons. The van der Waals surface area contributed by atoms with Crippen LogP contribution in [0.2, 0.25) is 0 Å². The number of nitrogen functional groups attached to an aromatic ring is 1. The molecular formula is C14H18BrClN8O8S2. The van der Waals surface area contributed by atoms with Crippen LogP contribution in [0.1, 0.15) is 0 Å². The van der Waals surface area contributed by atoms with Gasteiger partial charge in [0.2, 0.25) is 11.9 Å². The number of nitrogens with one attached hydrogen (secondary N) is 1. The largest absolute Gasteiger partial charge is 0.447 e. The van der Waals surface area contributed by atoms with Crippen LogP contribution in [0, 0.1) is 0 Å². The number of carbonyl (C=O) groups is 1. The maximum absolute atomic E-state index is 11.6. The maximum Gasteiger partial charge on any atom is 0.425 e. The lowest BCUT2D eigenvalue weighted by Crippen LogP contribution is -2.36. The zero-order valence-corrected chi connectivity index (χ0v) is 20.9. The van der Waals surface area contributed by atoms with E-state index in [0.717, 1.165) is 6.08 Å². The Hall–Kier alpha value is -2.96. The van der Waals surface area contributed by atoms with Gasteiger partial charge in [-0.1, -0.05) is 20.3 Å². The fourth-order valence-electron chi connectivity index (χ4n) is 1.47. The summed E-state index contributed by atoms with van der Waals surface area (Å²) in [6.45, 7) is 0.274. The molecule has 1 amide bonds. The maximum atomic E-state index is 11.6. The number of aromatic nitrogens is 4. The number of alkyl halides is 1. The van der Waals surface area contributed by atoms with E-state index in [4.69, 9.17) is 15.6 Å². The molecule has 0 unspecified atom stereocenters. The molecule has 20 heteroatoms. The average Bonchev–Trinajstić information content (AvgIpc) is 3.22. The summed E-state index contributed by atoms with van der Waals surface area (Å²) in [6, 6.07) is 3.26. The second-order valence-corrected chi connectivity index (χ2v) is 9.55. The van der Waals surface area contributed by atoms with Crippen LogP contribution in [0.25, 0.3) is 0 Å². The average molecular weight is 606 g/mol.